The van der Waals surface area contributed by atoms with Crippen LogP contribution in [0.3, 0.4) is 0 Å². The topological polar surface area (TPSA) is 50.4 Å². The van der Waals surface area contributed by atoms with E-state index in [2.05, 4.69) is 46.4 Å². The van der Waals surface area contributed by atoms with Crippen molar-refractivity contribution in [1.82, 2.24) is 5.32 Å². The van der Waals surface area contributed by atoms with Crippen molar-refractivity contribution in [3.63, 3.8) is 0 Å². The van der Waals surface area contributed by atoms with E-state index in [1.54, 1.807) is 0 Å². The lowest BCUT2D eigenvalue weighted by atomic mass is 9.83. The maximum Gasteiger partial charge on any atom is 0.130 e. The zero-order valence-corrected chi connectivity index (χ0v) is 18.6. The highest BCUT2D eigenvalue weighted by atomic mass is 32.2. The minimum Gasteiger partial charge on any atom is -0.482 e. The summed E-state index contributed by atoms with van der Waals surface area (Å²) in [6, 6.07) is 16.5. The van der Waals surface area contributed by atoms with Gasteiger partial charge in [0.05, 0.1) is 0 Å². The van der Waals surface area contributed by atoms with Gasteiger partial charge in [0.25, 0.3) is 0 Å². The monoisotopic (exact) mass is 412 g/mol. The van der Waals surface area contributed by atoms with Crippen LogP contribution in [0.1, 0.15) is 51.7 Å². The molecule has 2 aliphatic heterocycles. The second kappa shape index (κ2) is 9.59. The van der Waals surface area contributed by atoms with Crippen LogP contribution in [0, 0.1) is 0 Å². The van der Waals surface area contributed by atoms with Gasteiger partial charge in [-0.05, 0) is 62.3 Å². The van der Waals surface area contributed by atoms with Crippen molar-refractivity contribution in [3.8, 4) is 5.75 Å². The van der Waals surface area contributed by atoms with Gasteiger partial charge in [-0.1, -0.05) is 44.2 Å². The molecule has 0 aliphatic carbocycles. The van der Waals surface area contributed by atoms with E-state index in [1.165, 1.54) is 5.57 Å². The lowest BCUT2D eigenvalue weighted by molar-refractivity contribution is 0.0817. The molecule has 5 heteroatoms. The average molecular weight is 413 g/mol. The fraction of sp³-hybridized carbons (Fsp3) is 0.417. The molecule has 0 bridgehead atoms. The zero-order chi connectivity index (χ0) is 20.9. The highest BCUT2D eigenvalue weighted by molar-refractivity contribution is 7.86. The van der Waals surface area contributed by atoms with Crippen molar-refractivity contribution in [2.24, 2.45) is 0 Å². The summed E-state index contributed by atoms with van der Waals surface area (Å²) in [5.74, 6) is 0.958. The molecule has 0 saturated carbocycles. The van der Waals surface area contributed by atoms with E-state index in [0.717, 1.165) is 48.5 Å². The van der Waals surface area contributed by atoms with Crippen LogP contribution in [-0.4, -0.2) is 28.1 Å². The standard InChI is InChI=1S/C22H26N2O2S.C2H6/c1-16(2)27(25)24-18-9-7-17(8-10-18)20-15-22(11-13-23-14-12-22)26-21-6-4-3-5-19(20)21;1-2/h3-10,15-16,23-24H,11-14H2,1-2H3;1-2H3. The first kappa shape index (κ1) is 21.6. The minimum absolute atomic E-state index is 0.0783. The number of anilines is 1. The summed E-state index contributed by atoms with van der Waals surface area (Å²) in [5.41, 5.74) is 4.15. The summed E-state index contributed by atoms with van der Waals surface area (Å²) >= 11 is 0. The first-order valence-electron chi connectivity index (χ1n) is 10.6. The van der Waals surface area contributed by atoms with Crippen molar-refractivity contribution < 1.29 is 8.95 Å². The molecule has 0 radical (unpaired) electrons. The molecule has 2 heterocycles. The molecule has 2 aliphatic rings. The maximum absolute atomic E-state index is 12.0. The fourth-order valence-corrected chi connectivity index (χ4v) is 4.26. The van der Waals surface area contributed by atoms with Crippen LogP contribution in [-0.2, 0) is 11.0 Å². The summed E-state index contributed by atoms with van der Waals surface area (Å²) in [7, 11) is -1.07. The van der Waals surface area contributed by atoms with E-state index in [9.17, 15) is 4.21 Å². The number of nitrogens with one attached hydrogen (secondary N) is 2. The highest BCUT2D eigenvalue weighted by Crippen LogP contribution is 2.42. The normalized spacial score (nSPS) is 18.0. The summed E-state index contributed by atoms with van der Waals surface area (Å²) in [5, 5.41) is 3.50. The molecule has 1 spiro atoms. The lowest BCUT2D eigenvalue weighted by Gasteiger charge is -2.40. The molecule has 1 atom stereocenters. The van der Waals surface area contributed by atoms with Gasteiger partial charge in [0.15, 0.2) is 0 Å². The molecule has 1 fully saturated rings. The lowest BCUT2D eigenvalue weighted by Crippen LogP contribution is -2.46. The molecule has 4 nitrogen and oxygen atoms in total. The molecule has 1 unspecified atom stereocenters. The van der Waals surface area contributed by atoms with Crippen LogP contribution in [0.5, 0.6) is 5.75 Å². The largest absolute Gasteiger partial charge is 0.482 e. The summed E-state index contributed by atoms with van der Waals surface area (Å²) in [6.07, 6.45) is 4.25. The Morgan fingerprint density at radius 1 is 1.03 bits per heavy atom. The van der Waals surface area contributed by atoms with E-state index in [4.69, 9.17) is 4.74 Å². The summed E-state index contributed by atoms with van der Waals surface area (Å²) in [4.78, 5) is 0. The van der Waals surface area contributed by atoms with Gasteiger partial charge < -0.3 is 14.8 Å². The Labute approximate surface area is 177 Å². The molecule has 0 amide bonds. The van der Waals surface area contributed by atoms with Crippen molar-refractivity contribution in [2.45, 2.75) is 51.4 Å². The number of benzene rings is 2. The van der Waals surface area contributed by atoms with E-state index >= 15 is 0 Å². The van der Waals surface area contributed by atoms with Gasteiger partial charge in [-0.2, -0.15) is 0 Å². The highest BCUT2D eigenvalue weighted by Gasteiger charge is 2.36. The van der Waals surface area contributed by atoms with E-state index in [1.807, 2.05) is 45.9 Å². The molecule has 1 saturated heterocycles. The molecule has 2 aromatic carbocycles. The first-order valence-corrected chi connectivity index (χ1v) is 11.8. The van der Waals surface area contributed by atoms with Crippen LogP contribution in [0.15, 0.2) is 54.6 Å². The van der Waals surface area contributed by atoms with Crippen LogP contribution in [0.25, 0.3) is 5.57 Å². The quantitative estimate of drug-likeness (QED) is 0.731. The Morgan fingerprint density at radius 2 is 1.69 bits per heavy atom. The van der Waals surface area contributed by atoms with Gasteiger partial charge in [0.2, 0.25) is 0 Å². The smallest absolute Gasteiger partial charge is 0.130 e. The third-order valence-electron chi connectivity index (χ3n) is 5.19. The second-order valence-electron chi connectivity index (χ2n) is 7.50. The number of ether oxygens (including phenoxy) is 1. The van der Waals surface area contributed by atoms with Crippen LogP contribution in [0.2, 0.25) is 0 Å². The summed E-state index contributed by atoms with van der Waals surface area (Å²) in [6.45, 7) is 9.82. The Morgan fingerprint density at radius 3 is 2.34 bits per heavy atom. The minimum atomic E-state index is -1.07. The van der Waals surface area contributed by atoms with Crippen LogP contribution >= 0.6 is 0 Å². The van der Waals surface area contributed by atoms with Crippen LogP contribution in [0.4, 0.5) is 5.69 Å². The van der Waals surface area contributed by atoms with Gasteiger partial charge in [-0.15, -0.1) is 0 Å². The molecule has 156 valence electrons. The first-order chi connectivity index (χ1) is 14.1. The molecular weight excluding hydrogens is 380 g/mol. The average Bonchev–Trinajstić information content (AvgIpc) is 2.75. The maximum atomic E-state index is 12.0. The van der Waals surface area contributed by atoms with E-state index in [0.29, 0.717) is 0 Å². The number of hydrogen-bond donors (Lipinski definition) is 2. The fourth-order valence-electron chi connectivity index (χ4n) is 3.65. The van der Waals surface area contributed by atoms with Gasteiger partial charge in [0, 0.05) is 29.3 Å². The number of para-hydroxylation sites is 1. The zero-order valence-electron chi connectivity index (χ0n) is 17.8. The number of fused-ring (bicyclic) bond motifs is 1. The van der Waals surface area contributed by atoms with E-state index in [-0.39, 0.29) is 10.9 Å². The Kier molecular flexibility index (Phi) is 7.14. The SMILES string of the molecule is CC.CC(C)S(=O)Nc1ccc(C2=CC3(CCNCC3)Oc3ccccc32)cc1. The third-order valence-corrected chi connectivity index (χ3v) is 6.48. The van der Waals surface area contributed by atoms with Gasteiger partial charge in [-0.25, -0.2) is 4.21 Å². The summed E-state index contributed by atoms with van der Waals surface area (Å²) < 4.78 is 21.5. The number of piperidine rings is 1. The van der Waals surface area contributed by atoms with Crippen molar-refractivity contribution >= 4 is 22.2 Å². The third kappa shape index (κ3) is 4.90. The van der Waals surface area contributed by atoms with E-state index < -0.39 is 11.0 Å². The van der Waals surface area contributed by atoms with Crippen molar-refractivity contribution in [2.75, 3.05) is 17.8 Å². The van der Waals surface area contributed by atoms with Gasteiger partial charge in [0.1, 0.15) is 22.3 Å². The predicted octanol–water partition coefficient (Wildman–Crippen LogP) is 5.14. The molecule has 2 N–H and O–H groups in total. The Balaban J connectivity index is 0.00000117. The second-order valence-corrected chi connectivity index (χ2v) is 9.24. The van der Waals surface area contributed by atoms with Gasteiger partial charge >= 0.3 is 0 Å². The molecule has 2 aromatic rings. The van der Waals surface area contributed by atoms with Crippen molar-refractivity contribution in [3.05, 3.63) is 65.7 Å². The van der Waals surface area contributed by atoms with Crippen molar-refractivity contribution in [1.29, 1.82) is 0 Å². The number of rotatable bonds is 4. The predicted molar refractivity (Wildman–Crippen MR) is 124 cm³/mol. The number of hydrogen-bond acceptors (Lipinski definition) is 3. The molecule has 0 aromatic heterocycles. The molecular formula is C24H32N2O2S. The molecule has 4 rings (SSSR count). The molecule has 29 heavy (non-hydrogen) atoms. The van der Waals surface area contributed by atoms with Crippen LogP contribution < -0.4 is 14.8 Å². The Bertz CT molecular complexity index is 869. The Hall–Kier alpha value is -2.11. The van der Waals surface area contributed by atoms with Gasteiger partial charge in [-0.3, -0.25) is 0 Å².